The summed E-state index contributed by atoms with van der Waals surface area (Å²) in [6.07, 6.45) is -0.645. The average Bonchev–Trinajstić information content (AvgIpc) is 3.00. The molecule has 0 saturated heterocycles. The Labute approximate surface area is 151 Å². The number of nitrogens with one attached hydrogen (secondary N) is 1. The van der Waals surface area contributed by atoms with Gasteiger partial charge in [-0.1, -0.05) is 54.6 Å². The topological polar surface area (TPSA) is 72.5 Å². The number of benzene rings is 3. The van der Waals surface area contributed by atoms with E-state index in [-0.39, 0.29) is 4.90 Å². The van der Waals surface area contributed by atoms with Gasteiger partial charge in [0.1, 0.15) is 0 Å². The summed E-state index contributed by atoms with van der Waals surface area (Å²) >= 11 is 0. The zero-order valence-electron chi connectivity index (χ0n) is 13.6. The summed E-state index contributed by atoms with van der Waals surface area (Å²) < 4.78 is 33.4. The lowest BCUT2D eigenvalue weighted by Crippen LogP contribution is -2.15. The molecule has 0 saturated carbocycles. The van der Waals surface area contributed by atoms with Crippen LogP contribution in [0.25, 0.3) is 0 Å². The maximum Gasteiger partial charge on any atom is 0.339 e. The third-order valence-electron chi connectivity index (χ3n) is 4.23. The summed E-state index contributed by atoms with van der Waals surface area (Å²) in [5, 5.41) is 0. The van der Waals surface area contributed by atoms with Gasteiger partial charge in [0.15, 0.2) is 6.10 Å². The van der Waals surface area contributed by atoms with E-state index in [2.05, 4.69) is 4.72 Å². The van der Waals surface area contributed by atoms with Crippen LogP contribution < -0.4 is 4.72 Å². The van der Waals surface area contributed by atoms with Crippen molar-refractivity contribution in [1.29, 1.82) is 0 Å². The number of carbonyl (C=O) groups excluding carboxylic acids is 1. The second-order valence-electron chi connectivity index (χ2n) is 5.88. The summed E-state index contributed by atoms with van der Waals surface area (Å²) in [5.41, 5.74) is 2.19. The van der Waals surface area contributed by atoms with E-state index in [0.717, 1.165) is 5.56 Å². The van der Waals surface area contributed by atoms with Crippen molar-refractivity contribution in [2.45, 2.75) is 11.0 Å². The summed E-state index contributed by atoms with van der Waals surface area (Å²) in [7, 11) is -3.75. The predicted octanol–water partition coefficient (Wildman–Crippen LogP) is 3.75. The number of anilines is 1. The fourth-order valence-corrected chi connectivity index (χ4v) is 4.11. The third-order valence-corrected chi connectivity index (χ3v) is 5.61. The lowest BCUT2D eigenvalue weighted by molar-refractivity contribution is 0.0457. The van der Waals surface area contributed by atoms with E-state index in [0.29, 0.717) is 16.8 Å². The third kappa shape index (κ3) is 2.84. The van der Waals surface area contributed by atoms with Crippen LogP contribution in [0.5, 0.6) is 0 Å². The molecule has 0 fully saturated rings. The maximum atomic E-state index is 12.7. The summed E-state index contributed by atoms with van der Waals surface area (Å²) in [5.74, 6) is -0.411. The Hall–Kier alpha value is -3.12. The number of ether oxygens (including phenoxy) is 1. The van der Waals surface area contributed by atoms with E-state index in [1.807, 2.05) is 12.1 Å². The number of para-hydroxylation sites is 1. The van der Waals surface area contributed by atoms with Gasteiger partial charge < -0.3 is 4.74 Å². The normalized spacial score (nSPS) is 16.0. The number of hydrogen-bond acceptors (Lipinski definition) is 4. The van der Waals surface area contributed by atoms with Crippen molar-refractivity contribution in [2.24, 2.45) is 0 Å². The van der Waals surface area contributed by atoms with Crippen LogP contribution in [0.1, 0.15) is 27.6 Å². The first kappa shape index (κ1) is 16.4. The highest BCUT2D eigenvalue weighted by molar-refractivity contribution is 7.92. The van der Waals surface area contributed by atoms with Crippen LogP contribution >= 0.6 is 0 Å². The Bertz CT molecular complexity index is 1080. The monoisotopic (exact) mass is 365 g/mol. The van der Waals surface area contributed by atoms with Crippen LogP contribution in [0.2, 0.25) is 0 Å². The number of rotatable bonds is 4. The molecular weight excluding hydrogens is 350 g/mol. The fraction of sp³-hybridized carbons (Fsp3) is 0.0500. The molecule has 6 heteroatoms. The molecule has 4 rings (SSSR count). The molecule has 0 bridgehead atoms. The number of fused-ring (bicyclic) bond motifs is 1. The van der Waals surface area contributed by atoms with Crippen molar-refractivity contribution < 1.29 is 17.9 Å². The van der Waals surface area contributed by atoms with E-state index in [9.17, 15) is 13.2 Å². The lowest BCUT2D eigenvalue weighted by atomic mass is 9.98. The van der Waals surface area contributed by atoms with Crippen molar-refractivity contribution in [2.75, 3.05) is 4.72 Å². The Morgan fingerprint density at radius 2 is 1.38 bits per heavy atom. The minimum absolute atomic E-state index is 0.165. The molecule has 5 nitrogen and oxygen atoms in total. The van der Waals surface area contributed by atoms with Gasteiger partial charge in [-0.2, -0.15) is 0 Å². The lowest BCUT2D eigenvalue weighted by Gasteiger charge is -2.17. The quantitative estimate of drug-likeness (QED) is 0.715. The molecule has 26 heavy (non-hydrogen) atoms. The smallest absolute Gasteiger partial charge is 0.339 e. The molecule has 3 aromatic carbocycles. The maximum absolute atomic E-state index is 12.7. The van der Waals surface area contributed by atoms with Gasteiger partial charge in [-0.15, -0.1) is 0 Å². The highest BCUT2D eigenvalue weighted by Gasteiger charge is 2.33. The molecule has 130 valence electrons. The second kappa shape index (κ2) is 6.31. The van der Waals surface area contributed by atoms with Gasteiger partial charge >= 0.3 is 5.97 Å². The highest BCUT2D eigenvalue weighted by Crippen LogP contribution is 2.39. The van der Waals surface area contributed by atoms with Crippen LogP contribution in [0.3, 0.4) is 0 Å². The molecule has 3 aromatic rings. The van der Waals surface area contributed by atoms with Crippen LogP contribution in [-0.2, 0) is 14.8 Å². The SMILES string of the molecule is O=C1OC(c2ccccc2NS(=O)(=O)c2ccccc2)c2ccccc21. The van der Waals surface area contributed by atoms with Crippen LogP contribution in [-0.4, -0.2) is 14.4 Å². The van der Waals surface area contributed by atoms with Gasteiger partial charge in [0, 0.05) is 11.1 Å². The molecule has 0 radical (unpaired) electrons. The number of cyclic esters (lactones) is 1. The molecule has 0 spiro atoms. The fourth-order valence-electron chi connectivity index (χ4n) is 3.00. The van der Waals surface area contributed by atoms with Gasteiger partial charge in [0.2, 0.25) is 0 Å². The molecule has 0 aliphatic carbocycles. The second-order valence-corrected chi connectivity index (χ2v) is 7.56. The van der Waals surface area contributed by atoms with Gasteiger partial charge in [0.25, 0.3) is 10.0 Å². The van der Waals surface area contributed by atoms with Crippen LogP contribution in [0.4, 0.5) is 5.69 Å². The number of esters is 1. The van der Waals surface area contributed by atoms with Crippen molar-refractivity contribution in [1.82, 2.24) is 0 Å². The molecule has 1 N–H and O–H groups in total. The Morgan fingerprint density at radius 1 is 0.769 bits per heavy atom. The molecule has 1 aliphatic rings. The van der Waals surface area contributed by atoms with Crippen LogP contribution in [0, 0.1) is 0 Å². The van der Waals surface area contributed by atoms with E-state index in [1.165, 1.54) is 12.1 Å². The summed E-state index contributed by atoms with van der Waals surface area (Å²) in [4.78, 5) is 12.3. The summed E-state index contributed by atoms with van der Waals surface area (Å²) in [6, 6.07) is 22.2. The van der Waals surface area contributed by atoms with Crippen molar-refractivity contribution in [3.63, 3.8) is 0 Å². The molecule has 1 aliphatic heterocycles. The van der Waals surface area contributed by atoms with Crippen molar-refractivity contribution >= 4 is 21.7 Å². The van der Waals surface area contributed by atoms with E-state index >= 15 is 0 Å². The number of carbonyl (C=O) groups is 1. The molecular formula is C20H15NO4S. The van der Waals surface area contributed by atoms with Crippen molar-refractivity contribution in [3.05, 3.63) is 95.6 Å². The van der Waals surface area contributed by atoms with Gasteiger partial charge in [-0.3, -0.25) is 4.72 Å². The first-order valence-corrected chi connectivity index (χ1v) is 9.51. The first-order valence-electron chi connectivity index (χ1n) is 8.03. The van der Waals surface area contributed by atoms with Gasteiger partial charge in [0.05, 0.1) is 16.1 Å². The summed E-state index contributed by atoms with van der Waals surface area (Å²) in [6.45, 7) is 0. The molecule has 1 atom stereocenters. The predicted molar refractivity (Wildman–Crippen MR) is 97.4 cm³/mol. The van der Waals surface area contributed by atoms with E-state index in [4.69, 9.17) is 4.74 Å². The van der Waals surface area contributed by atoms with Crippen LogP contribution in [0.15, 0.2) is 83.8 Å². The molecule has 0 aromatic heterocycles. The number of sulfonamides is 1. The van der Waals surface area contributed by atoms with Gasteiger partial charge in [-0.05, 0) is 24.3 Å². The Morgan fingerprint density at radius 3 is 2.15 bits per heavy atom. The Balaban J connectivity index is 1.75. The highest BCUT2D eigenvalue weighted by atomic mass is 32.2. The number of hydrogen-bond donors (Lipinski definition) is 1. The van der Waals surface area contributed by atoms with E-state index < -0.39 is 22.1 Å². The molecule has 0 amide bonds. The van der Waals surface area contributed by atoms with Crippen molar-refractivity contribution in [3.8, 4) is 0 Å². The largest absolute Gasteiger partial charge is 0.449 e. The minimum atomic E-state index is -3.75. The molecule has 1 heterocycles. The first-order chi connectivity index (χ1) is 12.6. The zero-order chi connectivity index (χ0) is 18.1. The average molecular weight is 365 g/mol. The van der Waals surface area contributed by atoms with E-state index in [1.54, 1.807) is 54.6 Å². The standard InChI is InChI=1S/C20H15NO4S/c22-20-16-11-5-4-10-15(16)19(25-20)17-12-6-7-13-18(17)21-26(23,24)14-8-2-1-3-9-14/h1-13,19,21H. The molecule has 1 unspecified atom stereocenters. The minimum Gasteiger partial charge on any atom is -0.449 e. The van der Waals surface area contributed by atoms with Gasteiger partial charge in [-0.25, -0.2) is 13.2 Å². The Kier molecular flexibility index (Phi) is 3.97. The zero-order valence-corrected chi connectivity index (χ0v) is 14.4.